The number of rotatable bonds is 4. The minimum atomic E-state index is -5.44. The number of benzene rings is 1. The van der Waals surface area contributed by atoms with Gasteiger partial charge in [0.2, 0.25) is 0 Å². The third kappa shape index (κ3) is 3.47. The van der Waals surface area contributed by atoms with Gasteiger partial charge < -0.3 is 0 Å². The highest BCUT2D eigenvalue weighted by Gasteiger charge is 2.46. The molecule has 1 aromatic carbocycles. The fourth-order valence-corrected chi connectivity index (χ4v) is 1.12. The van der Waals surface area contributed by atoms with E-state index in [-0.39, 0.29) is 6.61 Å². The summed E-state index contributed by atoms with van der Waals surface area (Å²) in [6.07, 6.45) is 0. The van der Waals surface area contributed by atoms with Crippen LogP contribution >= 0.6 is 0 Å². The minimum absolute atomic E-state index is 0.282. The lowest BCUT2D eigenvalue weighted by Gasteiger charge is -2.09. The van der Waals surface area contributed by atoms with Gasteiger partial charge in [-0.2, -0.15) is 13.2 Å². The molecule has 1 aromatic rings. The van der Waals surface area contributed by atoms with Crippen LogP contribution in [0, 0.1) is 0 Å². The van der Waals surface area contributed by atoms with Crippen LogP contribution in [-0.2, 0) is 21.5 Å². The Hall–Kier alpha value is -1.12. The van der Waals surface area contributed by atoms with Crippen molar-refractivity contribution in [3.05, 3.63) is 35.9 Å². The van der Waals surface area contributed by atoms with Crippen LogP contribution in [0.1, 0.15) is 5.56 Å². The highest BCUT2D eigenvalue weighted by atomic mass is 32.2. The predicted molar refractivity (Wildman–Crippen MR) is 49.3 cm³/mol. The van der Waals surface area contributed by atoms with Crippen LogP contribution in [-0.4, -0.2) is 13.9 Å². The lowest BCUT2D eigenvalue weighted by Crippen LogP contribution is -2.36. The molecule has 0 saturated carbocycles. The van der Waals surface area contributed by atoms with Crippen LogP contribution < -0.4 is 4.89 Å². The molecular formula is C8H8F3NO3S. The maximum atomic E-state index is 11.8. The summed E-state index contributed by atoms with van der Waals surface area (Å²) >= 11 is 0. The quantitative estimate of drug-likeness (QED) is 0.830. The first-order valence-corrected chi connectivity index (χ1v) is 5.55. The second-order valence-electron chi connectivity index (χ2n) is 2.81. The van der Waals surface area contributed by atoms with E-state index < -0.39 is 15.5 Å². The van der Waals surface area contributed by atoms with E-state index in [1.165, 1.54) is 0 Å². The summed E-state index contributed by atoms with van der Waals surface area (Å²) in [5.41, 5.74) is -4.82. The van der Waals surface area contributed by atoms with Crippen molar-refractivity contribution in [3.8, 4) is 0 Å². The van der Waals surface area contributed by atoms with Crippen molar-refractivity contribution >= 4 is 10.0 Å². The SMILES string of the molecule is O=S(=O)(NOCc1ccccc1)C(F)(F)F. The Morgan fingerprint density at radius 3 is 2.25 bits per heavy atom. The van der Waals surface area contributed by atoms with Gasteiger partial charge in [0, 0.05) is 0 Å². The monoisotopic (exact) mass is 255 g/mol. The van der Waals surface area contributed by atoms with Crippen LogP contribution in [0.2, 0.25) is 0 Å². The zero-order valence-electron chi connectivity index (χ0n) is 7.86. The number of nitrogens with one attached hydrogen (secondary N) is 1. The fourth-order valence-electron chi connectivity index (χ4n) is 0.812. The zero-order valence-corrected chi connectivity index (χ0v) is 8.68. The first kappa shape index (κ1) is 12.9. The molecule has 1 rings (SSSR count). The summed E-state index contributed by atoms with van der Waals surface area (Å²) in [5, 5.41) is 0. The molecule has 0 heterocycles. The van der Waals surface area contributed by atoms with Gasteiger partial charge in [0.15, 0.2) is 0 Å². The maximum absolute atomic E-state index is 11.8. The molecule has 0 aromatic heterocycles. The van der Waals surface area contributed by atoms with E-state index in [2.05, 4.69) is 4.84 Å². The highest BCUT2D eigenvalue weighted by Crippen LogP contribution is 2.21. The Morgan fingerprint density at radius 1 is 1.19 bits per heavy atom. The predicted octanol–water partition coefficient (Wildman–Crippen LogP) is 1.56. The van der Waals surface area contributed by atoms with Gasteiger partial charge in [0.05, 0.1) is 6.61 Å². The molecule has 0 unspecified atom stereocenters. The van der Waals surface area contributed by atoms with Crippen molar-refractivity contribution in [3.63, 3.8) is 0 Å². The molecular weight excluding hydrogens is 247 g/mol. The summed E-state index contributed by atoms with van der Waals surface area (Å²) in [6, 6.07) is 8.18. The van der Waals surface area contributed by atoms with E-state index in [0.717, 1.165) is 4.89 Å². The largest absolute Gasteiger partial charge is 0.513 e. The number of alkyl halides is 3. The molecule has 0 aliphatic carbocycles. The van der Waals surface area contributed by atoms with E-state index in [9.17, 15) is 21.6 Å². The van der Waals surface area contributed by atoms with E-state index in [4.69, 9.17) is 0 Å². The molecule has 90 valence electrons. The van der Waals surface area contributed by atoms with Gasteiger partial charge in [0.25, 0.3) is 0 Å². The van der Waals surface area contributed by atoms with Gasteiger partial charge in [-0.1, -0.05) is 35.2 Å². The average molecular weight is 255 g/mol. The van der Waals surface area contributed by atoms with Crippen molar-refractivity contribution < 1.29 is 26.4 Å². The third-order valence-corrected chi connectivity index (χ3v) is 2.50. The molecule has 8 heteroatoms. The molecule has 0 spiro atoms. The van der Waals surface area contributed by atoms with Crippen molar-refractivity contribution in [2.45, 2.75) is 12.1 Å². The summed E-state index contributed by atoms with van der Waals surface area (Å²) in [7, 11) is -5.44. The number of sulfonamides is 1. The van der Waals surface area contributed by atoms with E-state index in [1.807, 2.05) is 0 Å². The van der Waals surface area contributed by atoms with Crippen molar-refractivity contribution in [2.24, 2.45) is 0 Å². The van der Waals surface area contributed by atoms with Crippen LogP contribution in [0.4, 0.5) is 13.2 Å². The Bertz CT molecular complexity index is 430. The molecule has 1 N–H and O–H groups in total. The van der Waals surface area contributed by atoms with Crippen molar-refractivity contribution in [1.82, 2.24) is 4.89 Å². The molecule has 0 fully saturated rings. The molecule has 0 radical (unpaired) electrons. The Morgan fingerprint density at radius 2 is 1.75 bits per heavy atom. The highest BCUT2D eigenvalue weighted by molar-refractivity contribution is 7.90. The minimum Gasteiger partial charge on any atom is -0.282 e. The van der Waals surface area contributed by atoms with Crippen LogP contribution in [0.5, 0.6) is 0 Å². The first-order valence-electron chi connectivity index (χ1n) is 4.07. The lowest BCUT2D eigenvalue weighted by molar-refractivity contribution is -0.0526. The zero-order chi connectivity index (χ0) is 12.2. The first-order chi connectivity index (χ1) is 7.33. The topological polar surface area (TPSA) is 55.4 Å². The fraction of sp³-hybridized carbons (Fsp3) is 0.250. The van der Waals surface area contributed by atoms with Gasteiger partial charge in [0.1, 0.15) is 0 Å². The van der Waals surface area contributed by atoms with Gasteiger partial charge in [-0.3, -0.25) is 4.84 Å². The normalized spacial score (nSPS) is 12.7. The van der Waals surface area contributed by atoms with E-state index >= 15 is 0 Å². The summed E-state index contributed by atoms with van der Waals surface area (Å²) in [5.74, 6) is 0. The van der Waals surface area contributed by atoms with Crippen LogP contribution in [0.15, 0.2) is 30.3 Å². The van der Waals surface area contributed by atoms with Crippen molar-refractivity contribution in [2.75, 3.05) is 0 Å². The third-order valence-electron chi connectivity index (χ3n) is 1.56. The molecule has 0 saturated heterocycles. The number of hydrogen-bond acceptors (Lipinski definition) is 3. The number of halogens is 3. The second-order valence-corrected chi connectivity index (χ2v) is 4.44. The van der Waals surface area contributed by atoms with Gasteiger partial charge in [-0.25, -0.2) is 8.42 Å². The Balaban J connectivity index is 2.49. The molecule has 0 atom stereocenters. The van der Waals surface area contributed by atoms with Gasteiger partial charge in [-0.05, 0) is 5.56 Å². The Labute approximate surface area is 90.0 Å². The molecule has 16 heavy (non-hydrogen) atoms. The molecule has 0 amide bonds. The lowest BCUT2D eigenvalue weighted by atomic mass is 10.2. The molecule has 0 aliphatic heterocycles. The summed E-state index contributed by atoms with van der Waals surface area (Å²) in [4.78, 5) is 5.25. The molecule has 0 bridgehead atoms. The van der Waals surface area contributed by atoms with Crippen LogP contribution in [0.3, 0.4) is 0 Å². The maximum Gasteiger partial charge on any atom is 0.513 e. The van der Waals surface area contributed by atoms with Gasteiger partial charge >= 0.3 is 15.5 Å². The van der Waals surface area contributed by atoms with Gasteiger partial charge in [-0.15, -0.1) is 0 Å². The summed E-state index contributed by atoms with van der Waals surface area (Å²) < 4.78 is 56.4. The molecule has 4 nitrogen and oxygen atoms in total. The average Bonchev–Trinajstić information content (AvgIpc) is 2.17. The van der Waals surface area contributed by atoms with E-state index in [1.54, 1.807) is 30.3 Å². The number of hydrogen-bond donors (Lipinski definition) is 1. The standard InChI is InChI=1S/C8H8F3NO3S/c9-8(10,11)16(13,14)12-15-6-7-4-2-1-3-5-7/h1-5,12H,6H2. The van der Waals surface area contributed by atoms with Crippen LogP contribution in [0.25, 0.3) is 0 Å². The second kappa shape index (κ2) is 4.81. The molecule has 0 aliphatic rings. The smallest absolute Gasteiger partial charge is 0.282 e. The summed E-state index contributed by atoms with van der Waals surface area (Å²) in [6.45, 7) is -0.282. The van der Waals surface area contributed by atoms with E-state index in [0.29, 0.717) is 5.56 Å². The van der Waals surface area contributed by atoms with Crippen molar-refractivity contribution in [1.29, 1.82) is 0 Å². The Kier molecular flexibility index (Phi) is 3.89.